The van der Waals surface area contributed by atoms with E-state index in [0.717, 1.165) is 40.3 Å². The number of nitrogens with one attached hydrogen (secondary N) is 1. The average Bonchev–Trinajstić information content (AvgIpc) is 3.58. The number of hydrogen-bond donors (Lipinski definition) is 2. The van der Waals surface area contributed by atoms with Crippen LogP contribution in [0.15, 0.2) is 28.0 Å². The number of anilines is 1. The molecule has 1 aromatic carbocycles. The van der Waals surface area contributed by atoms with Crippen LogP contribution in [0.5, 0.6) is 5.88 Å². The molecule has 2 N–H and O–H groups in total. The van der Waals surface area contributed by atoms with Crippen molar-refractivity contribution in [3.63, 3.8) is 0 Å². The fourth-order valence-electron chi connectivity index (χ4n) is 6.06. The van der Waals surface area contributed by atoms with Gasteiger partial charge in [-0.25, -0.2) is 4.79 Å². The molecule has 1 atom stereocenters. The lowest BCUT2D eigenvalue weighted by Gasteiger charge is -2.50. The standard InChI is InChI=1S/C25H26N6O5S/c1-28-21(34)25(22(35)29(2)24(28)36)11-13-10-14(5-8-17(13)30-9-3-4-18(25)30)26-12-16-19(32)27-23(37)31(20(16)33)15-6-7-15/h5,8,10,12,15,18,33H,3-4,6-7,9,11H2,1-2H3,(H,27,32,37)/t18-/m0/s1. The summed E-state index contributed by atoms with van der Waals surface area (Å²) >= 11 is 5.20. The maximum Gasteiger partial charge on any atom is 0.332 e. The first-order valence-corrected chi connectivity index (χ1v) is 12.7. The molecule has 3 aliphatic heterocycles. The second kappa shape index (κ2) is 8.10. The molecule has 192 valence electrons. The zero-order valence-electron chi connectivity index (χ0n) is 20.4. The smallest absolute Gasteiger partial charge is 0.332 e. The fraction of sp³-hybridized carbons (Fsp3) is 0.440. The number of aromatic nitrogens is 2. The molecular formula is C25H26N6O5S. The van der Waals surface area contributed by atoms with Crippen molar-refractivity contribution in [3.05, 3.63) is 44.5 Å². The number of benzene rings is 1. The molecule has 11 nitrogen and oxygen atoms in total. The van der Waals surface area contributed by atoms with Gasteiger partial charge in [-0.05, 0) is 68.1 Å². The van der Waals surface area contributed by atoms with E-state index in [1.165, 1.54) is 24.9 Å². The number of aromatic amines is 1. The van der Waals surface area contributed by atoms with E-state index < -0.39 is 28.8 Å². The van der Waals surface area contributed by atoms with E-state index in [-0.39, 0.29) is 34.7 Å². The number of urea groups is 1. The van der Waals surface area contributed by atoms with E-state index in [0.29, 0.717) is 18.7 Å². The molecule has 1 aliphatic carbocycles. The van der Waals surface area contributed by atoms with Crippen LogP contribution in [0, 0.1) is 10.2 Å². The van der Waals surface area contributed by atoms with Crippen LogP contribution >= 0.6 is 12.2 Å². The third kappa shape index (κ3) is 3.31. The van der Waals surface area contributed by atoms with Crippen molar-refractivity contribution < 1.29 is 19.5 Å². The second-order valence-electron chi connectivity index (χ2n) is 10.2. The Kier molecular flexibility index (Phi) is 5.17. The highest BCUT2D eigenvalue weighted by atomic mass is 32.1. The number of hydrogen-bond acceptors (Lipinski definition) is 8. The minimum absolute atomic E-state index is 0.00805. The average molecular weight is 523 g/mol. The minimum Gasteiger partial charge on any atom is -0.494 e. The molecule has 4 amide bonds. The summed E-state index contributed by atoms with van der Waals surface area (Å²) in [5.74, 6) is -1.18. The summed E-state index contributed by atoms with van der Waals surface area (Å²) in [6.07, 6.45) is 4.71. The molecule has 3 fully saturated rings. The highest BCUT2D eigenvalue weighted by Gasteiger charge is 2.63. The maximum absolute atomic E-state index is 13.5. The second-order valence-corrected chi connectivity index (χ2v) is 10.6. The first-order valence-electron chi connectivity index (χ1n) is 12.3. The van der Waals surface area contributed by atoms with Crippen LogP contribution in [0.2, 0.25) is 0 Å². The number of aromatic hydroxyl groups is 1. The van der Waals surface area contributed by atoms with Crippen LogP contribution in [0.4, 0.5) is 16.2 Å². The molecule has 12 heteroatoms. The summed E-state index contributed by atoms with van der Waals surface area (Å²) in [7, 11) is 2.83. The van der Waals surface area contributed by atoms with Gasteiger partial charge in [-0.15, -0.1) is 0 Å². The molecule has 1 spiro atoms. The van der Waals surface area contributed by atoms with Gasteiger partial charge in [0.05, 0.1) is 11.7 Å². The highest BCUT2D eigenvalue weighted by Crippen LogP contribution is 2.49. The van der Waals surface area contributed by atoms with Crippen LogP contribution in [0.3, 0.4) is 0 Å². The molecule has 6 rings (SSSR count). The topological polar surface area (TPSA) is 131 Å². The van der Waals surface area contributed by atoms with E-state index in [9.17, 15) is 24.3 Å². The summed E-state index contributed by atoms with van der Waals surface area (Å²) in [6, 6.07) is 4.60. The summed E-state index contributed by atoms with van der Waals surface area (Å²) in [4.78, 5) is 63.2. The Labute approximate surface area is 217 Å². The Morgan fingerprint density at radius 1 is 1.11 bits per heavy atom. The van der Waals surface area contributed by atoms with E-state index in [2.05, 4.69) is 14.9 Å². The van der Waals surface area contributed by atoms with Gasteiger partial charge in [-0.2, -0.15) is 0 Å². The number of fused-ring (bicyclic) bond motifs is 4. The number of carbonyl (C=O) groups is 3. The van der Waals surface area contributed by atoms with Gasteiger partial charge in [0.15, 0.2) is 10.2 Å². The largest absolute Gasteiger partial charge is 0.494 e. The molecule has 1 aromatic heterocycles. The van der Waals surface area contributed by atoms with E-state index in [1.54, 1.807) is 12.1 Å². The van der Waals surface area contributed by atoms with Crippen molar-refractivity contribution in [2.24, 2.45) is 10.4 Å². The number of barbiturate groups is 1. The molecule has 4 aliphatic rings. The summed E-state index contributed by atoms with van der Waals surface area (Å²) in [6.45, 7) is 0.696. The summed E-state index contributed by atoms with van der Waals surface area (Å²) in [5.41, 5.74) is 0.269. The molecule has 0 radical (unpaired) electrons. The molecule has 37 heavy (non-hydrogen) atoms. The van der Waals surface area contributed by atoms with Crippen molar-refractivity contribution in [2.45, 2.75) is 44.2 Å². The Bertz CT molecular complexity index is 1500. The lowest BCUT2D eigenvalue weighted by atomic mass is 9.68. The number of aliphatic imine (C=N–C) groups is 1. The van der Waals surface area contributed by atoms with Crippen molar-refractivity contribution in [2.75, 3.05) is 25.5 Å². The molecule has 1 saturated carbocycles. The lowest BCUT2D eigenvalue weighted by Crippen LogP contribution is -2.70. The number of imide groups is 2. The number of carbonyl (C=O) groups excluding carboxylic acids is 3. The van der Waals surface area contributed by atoms with Gasteiger partial charge in [0.25, 0.3) is 5.56 Å². The Balaban J connectivity index is 1.41. The third-order valence-electron chi connectivity index (χ3n) is 8.02. The van der Waals surface area contributed by atoms with E-state index in [1.807, 2.05) is 6.07 Å². The van der Waals surface area contributed by atoms with Crippen molar-refractivity contribution >= 4 is 47.7 Å². The van der Waals surface area contributed by atoms with Crippen molar-refractivity contribution in [3.8, 4) is 5.88 Å². The zero-order valence-corrected chi connectivity index (χ0v) is 21.2. The van der Waals surface area contributed by atoms with Gasteiger partial charge in [0.2, 0.25) is 17.7 Å². The predicted molar refractivity (Wildman–Crippen MR) is 137 cm³/mol. The normalized spacial score (nSPS) is 22.8. The maximum atomic E-state index is 13.5. The molecular weight excluding hydrogens is 496 g/mol. The molecule has 0 bridgehead atoms. The van der Waals surface area contributed by atoms with Crippen molar-refractivity contribution in [1.82, 2.24) is 19.4 Å². The first kappa shape index (κ1) is 23.6. The van der Waals surface area contributed by atoms with Gasteiger partial charge >= 0.3 is 6.03 Å². The quantitative estimate of drug-likeness (QED) is 0.359. The Morgan fingerprint density at radius 2 is 1.81 bits per heavy atom. The van der Waals surface area contributed by atoms with E-state index >= 15 is 0 Å². The van der Waals surface area contributed by atoms with Gasteiger partial charge in [0, 0.05) is 38.6 Å². The molecule has 0 unspecified atom stereocenters. The van der Waals surface area contributed by atoms with Gasteiger partial charge in [0.1, 0.15) is 5.56 Å². The SMILES string of the molecule is CN1C(=O)N(C)C(=O)C2(Cc3cc(N=Cc4c(O)n(C5CC5)c(=S)[nH]c4=O)ccc3N3CCC[C@H]32)C1=O. The summed E-state index contributed by atoms with van der Waals surface area (Å²) < 4.78 is 1.72. The van der Waals surface area contributed by atoms with E-state index in [4.69, 9.17) is 12.2 Å². The van der Waals surface area contributed by atoms with Crippen LogP contribution in [0.25, 0.3) is 0 Å². The fourth-order valence-corrected chi connectivity index (χ4v) is 6.39. The lowest BCUT2D eigenvalue weighted by molar-refractivity contribution is -0.159. The number of H-pyrrole nitrogens is 1. The Hall–Kier alpha value is -3.80. The van der Waals surface area contributed by atoms with Crippen LogP contribution in [0.1, 0.15) is 42.9 Å². The predicted octanol–water partition coefficient (Wildman–Crippen LogP) is 2.26. The molecule has 4 heterocycles. The number of rotatable bonds is 3. The zero-order chi connectivity index (χ0) is 26.2. The first-order chi connectivity index (χ1) is 17.6. The highest BCUT2D eigenvalue weighted by molar-refractivity contribution is 7.71. The van der Waals surface area contributed by atoms with Gasteiger partial charge < -0.3 is 10.0 Å². The van der Waals surface area contributed by atoms with Gasteiger partial charge in [-0.3, -0.25) is 38.7 Å². The third-order valence-corrected chi connectivity index (χ3v) is 8.32. The number of amides is 4. The van der Waals surface area contributed by atoms with Crippen LogP contribution in [-0.2, 0) is 16.0 Å². The molecule has 2 saturated heterocycles. The Morgan fingerprint density at radius 3 is 2.49 bits per heavy atom. The monoisotopic (exact) mass is 522 g/mol. The molecule has 2 aromatic rings. The van der Waals surface area contributed by atoms with Crippen LogP contribution in [-0.4, -0.2) is 75.2 Å². The number of nitrogens with zero attached hydrogens (tertiary/aromatic N) is 5. The van der Waals surface area contributed by atoms with Crippen molar-refractivity contribution in [1.29, 1.82) is 0 Å². The summed E-state index contributed by atoms with van der Waals surface area (Å²) in [5, 5.41) is 10.7. The minimum atomic E-state index is -1.40. The van der Waals surface area contributed by atoms with Crippen LogP contribution < -0.4 is 10.5 Å². The van der Waals surface area contributed by atoms with Gasteiger partial charge in [-0.1, -0.05) is 0 Å².